The molecular formula is C42H63N9O8S. The summed E-state index contributed by atoms with van der Waals surface area (Å²) in [6, 6.07) is 6.25. The summed E-state index contributed by atoms with van der Waals surface area (Å²) in [5, 5.41) is 15.6. The molecule has 2 aromatic rings. The van der Waals surface area contributed by atoms with Crippen molar-refractivity contribution in [1.82, 2.24) is 31.5 Å². The Bertz CT molecular complexity index is 1850. The second-order valence-electron chi connectivity index (χ2n) is 15.5. The largest absolute Gasteiger partial charge is 0.370 e. The molecule has 330 valence electrons. The highest BCUT2D eigenvalue weighted by Gasteiger charge is 2.37. The average molecular weight is 854 g/mol. The molecule has 1 heterocycles. The van der Waals surface area contributed by atoms with Gasteiger partial charge in [0.1, 0.15) is 36.3 Å². The van der Waals surface area contributed by atoms with Crippen LogP contribution in [0.2, 0.25) is 0 Å². The molecule has 0 aliphatic carbocycles. The van der Waals surface area contributed by atoms with Crippen LogP contribution in [-0.2, 0) is 44.8 Å². The lowest BCUT2D eigenvalue weighted by atomic mass is 9.94. The number of primary amides is 2. The summed E-state index contributed by atoms with van der Waals surface area (Å²) in [6.45, 7) is 7.40. The van der Waals surface area contributed by atoms with Crippen molar-refractivity contribution in [1.29, 1.82) is 0 Å². The van der Waals surface area contributed by atoms with Crippen LogP contribution in [0.5, 0.6) is 0 Å². The Morgan fingerprint density at radius 3 is 1.98 bits per heavy atom. The molecule has 2 aromatic carbocycles. The van der Waals surface area contributed by atoms with Gasteiger partial charge in [-0.2, -0.15) is 11.8 Å². The normalized spacial score (nSPS) is 23.1. The lowest BCUT2D eigenvalue weighted by Gasteiger charge is -2.32. The van der Waals surface area contributed by atoms with E-state index in [1.165, 1.54) is 18.8 Å². The quantitative estimate of drug-likeness (QED) is 0.129. The van der Waals surface area contributed by atoms with Crippen LogP contribution in [0.4, 0.5) is 0 Å². The smallest absolute Gasteiger partial charge is 0.245 e. The number of hydrogen-bond acceptors (Lipinski definition) is 10. The van der Waals surface area contributed by atoms with Crippen molar-refractivity contribution in [3.8, 4) is 0 Å². The summed E-state index contributed by atoms with van der Waals surface area (Å²) in [5.41, 5.74) is 17.6. The van der Waals surface area contributed by atoms with Crippen molar-refractivity contribution in [3.63, 3.8) is 0 Å². The van der Waals surface area contributed by atoms with Crippen LogP contribution in [0.25, 0.3) is 10.8 Å². The molecule has 0 saturated carbocycles. The summed E-state index contributed by atoms with van der Waals surface area (Å²) in [4.78, 5) is 109. The van der Waals surface area contributed by atoms with Crippen molar-refractivity contribution < 1.29 is 38.4 Å². The molecule has 8 amide bonds. The van der Waals surface area contributed by atoms with Crippen LogP contribution < -0.4 is 43.8 Å². The van der Waals surface area contributed by atoms with Crippen LogP contribution >= 0.6 is 11.8 Å². The predicted molar refractivity (Wildman–Crippen MR) is 231 cm³/mol. The maximum atomic E-state index is 14.2. The molecule has 0 aromatic heterocycles. The number of nitrogens with one attached hydrogen (secondary N) is 5. The first-order chi connectivity index (χ1) is 28.5. The number of nitrogens with two attached hydrogens (primary N) is 3. The van der Waals surface area contributed by atoms with Crippen molar-refractivity contribution >= 4 is 69.8 Å². The van der Waals surface area contributed by atoms with E-state index in [1.54, 1.807) is 20.8 Å². The summed E-state index contributed by atoms with van der Waals surface area (Å²) < 4.78 is 0. The third-order valence-electron chi connectivity index (χ3n) is 11.0. The average Bonchev–Trinajstić information content (AvgIpc) is 3.21. The van der Waals surface area contributed by atoms with Gasteiger partial charge < -0.3 is 48.7 Å². The van der Waals surface area contributed by atoms with Gasteiger partial charge in [-0.3, -0.25) is 38.4 Å². The van der Waals surface area contributed by atoms with E-state index >= 15 is 0 Å². The highest BCUT2D eigenvalue weighted by atomic mass is 32.2. The molecule has 18 heteroatoms. The Hall–Kier alpha value is -5.23. The summed E-state index contributed by atoms with van der Waals surface area (Å²) in [6.07, 6.45) is 0.970. The number of benzene rings is 2. The lowest BCUT2D eigenvalue weighted by molar-refractivity contribution is -0.142. The van der Waals surface area contributed by atoms with Gasteiger partial charge in [-0.05, 0) is 59.7 Å². The minimum Gasteiger partial charge on any atom is -0.370 e. The molecule has 1 saturated heterocycles. The first-order valence-electron chi connectivity index (χ1n) is 20.6. The van der Waals surface area contributed by atoms with E-state index in [9.17, 15) is 38.4 Å². The van der Waals surface area contributed by atoms with E-state index < -0.39 is 102 Å². The van der Waals surface area contributed by atoms with Crippen LogP contribution in [0, 0.1) is 11.8 Å². The lowest BCUT2D eigenvalue weighted by Crippen LogP contribution is -2.62. The van der Waals surface area contributed by atoms with E-state index in [4.69, 9.17) is 17.2 Å². The van der Waals surface area contributed by atoms with Gasteiger partial charge in [0.25, 0.3) is 0 Å². The minimum atomic E-state index is -1.55. The summed E-state index contributed by atoms with van der Waals surface area (Å²) >= 11 is 1.31. The van der Waals surface area contributed by atoms with E-state index in [2.05, 4.69) is 26.6 Å². The summed E-state index contributed by atoms with van der Waals surface area (Å²) in [7, 11) is 1.38. The molecule has 1 aliphatic heterocycles. The second kappa shape index (κ2) is 24.1. The van der Waals surface area contributed by atoms with Gasteiger partial charge in [-0.15, -0.1) is 0 Å². The topological polar surface area (TPSA) is 278 Å². The molecule has 0 spiro atoms. The Morgan fingerprint density at radius 1 is 0.783 bits per heavy atom. The first-order valence-corrected chi connectivity index (χ1v) is 21.8. The number of nitrogens with zero attached hydrogens (tertiary/aromatic N) is 1. The van der Waals surface area contributed by atoms with Gasteiger partial charge in [0, 0.05) is 25.6 Å². The Balaban J connectivity index is 2.05. The van der Waals surface area contributed by atoms with Gasteiger partial charge >= 0.3 is 0 Å². The molecule has 1 fully saturated rings. The summed E-state index contributed by atoms with van der Waals surface area (Å²) in [5.74, 6) is -6.08. The van der Waals surface area contributed by atoms with Gasteiger partial charge in [0.2, 0.25) is 47.3 Å². The zero-order chi connectivity index (χ0) is 44.5. The molecule has 0 bridgehead atoms. The number of hydrogen-bond donors (Lipinski definition) is 8. The highest BCUT2D eigenvalue weighted by molar-refractivity contribution is 7.99. The van der Waals surface area contributed by atoms with Gasteiger partial charge in [0.15, 0.2) is 0 Å². The predicted octanol–water partition coefficient (Wildman–Crippen LogP) is 0.352. The van der Waals surface area contributed by atoms with E-state index in [1.807, 2.05) is 49.4 Å². The fraction of sp³-hybridized carbons (Fsp3) is 0.571. The molecular weight excluding hydrogens is 791 g/mol. The third-order valence-corrected chi connectivity index (χ3v) is 12.0. The van der Waals surface area contributed by atoms with Crippen molar-refractivity contribution in [3.05, 3.63) is 48.0 Å². The second-order valence-corrected chi connectivity index (χ2v) is 16.7. The van der Waals surface area contributed by atoms with Crippen LogP contribution in [0.1, 0.15) is 78.2 Å². The monoisotopic (exact) mass is 853 g/mol. The molecule has 1 aliphatic rings. The number of carbonyl (C=O) groups is 8. The molecule has 1 unspecified atom stereocenters. The molecule has 60 heavy (non-hydrogen) atoms. The maximum absolute atomic E-state index is 14.2. The van der Waals surface area contributed by atoms with E-state index in [0.717, 1.165) is 21.2 Å². The third kappa shape index (κ3) is 14.5. The molecule has 3 rings (SSSR count). The van der Waals surface area contributed by atoms with Crippen molar-refractivity contribution in [2.24, 2.45) is 29.0 Å². The number of thioether (sulfide) groups is 1. The zero-order valence-corrected chi connectivity index (χ0v) is 36.1. The number of rotatable bonds is 14. The van der Waals surface area contributed by atoms with Crippen LogP contribution in [0.15, 0.2) is 42.5 Å². The molecule has 17 nitrogen and oxygen atoms in total. The number of likely N-dealkylation sites (N-methyl/N-ethyl adjacent to an activating group) is 1. The van der Waals surface area contributed by atoms with Gasteiger partial charge in [-0.1, -0.05) is 83.0 Å². The fourth-order valence-electron chi connectivity index (χ4n) is 6.89. The molecule has 11 N–H and O–H groups in total. The maximum Gasteiger partial charge on any atom is 0.245 e. The van der Waals surface area contributed by atoms with Crippen LogP contribution in [-0.4, -0.2) is 114 Å². The molecule has 0 radical (unpaired) electrons. The molecule has 8 atom stereocenters. The van der Waals surface area contributed by atoms with Gasteiger partial charge in [-0.25, -0.2) is 0 Å². The van der Waals surface area contributed by atoms with E-state index in [-0.39, 0.29) is 43.7 Å². The van der Waals surface area contributed by atoms with E-state index in [0.29, 0.717) is 19.3 Å². The van der Waals surface area contributed by atoms with Gasteiger partial charge in [0.05, 0.1) is 6.42 Å². The van der Waals surface area contributed by atoms with Crippen molar-refractivity contribution in [2.75, 3.05) is 25.1 Å². The Labute approximate surface area is 356 Å². The Morgan fingerprint density at radius 2 is 1.38 bits per heavy atom. The van der Waals surface area contributed by atoms with Crippen LogP contribution in [0.3, 0.4) is 0 Å². The zero-order valence-electron chi connectivity index (χ0n) is 35.3. The number of carbonyl (C=O) groups excluding carboxylic acids is 8. The fourth-order valence-corrected chi connectivity index (χ4v) is 7.82. The first kappa shape index (κ1) is 49.1. The van der Waals surface area contributed by atoms with Crippen molar-refractivity contribution in [2.45, 2.75) is 115 Å². The minimum absolute atomic E-state index is 0.00153. The number of amides is 8. The standard InChI is InChI=1S/C42H63N9O8S/c1-6-24(3)35-40(57)48-31(23-33(44)52)38(55)47-29(42(59)51(5)32(37(45)54)13-10-18-43)16-19-60-20-17-34(53)46-30(39(56)49-36(25(4)7-2)41(58)50-35)22-26-14-15-27-11-8-9-12-28(27)21-26/h8-9,11-12,14-15,21,24-25,29-32,35-36H,6-7,10,13,16-20,22-23,43H2,1-5H3,(H2,44,52)(H2,45,54)(H,46,53)(H,47,55)(H,48,57)(H,49,56)(H,50,58)/t24-,25+,29?,30-,31+,32+,35+,36+/m1/s1. The number of fused-ring (bicyclic) bond motifs is 1. The SMILES string of the molecule is CC[C@@H](C)[C@@H]1NC(=O)[C@H]([C@@H](C)CC)NC(=O)[C@@H](Cc2ccc3ccccc3c2)NC(=O)CCSCCC(C(=O)N(C)[C@@H](CCCN)C(N)=O)NC(=O)[C@H](CC(N)=O)NC1=O. The Kier molecular flexibility index (Phi) is 19.8. The highest BCUT2D eigenvalue weighted by Crippen LogP contribution is 2.19.